The van der Waals surface area contributed by atoms with E-state index < -0.39 is 23.5 Å². The Morgan fingerprint density at radius 3 is 2.64 bits per heavy atom. The zero-order valence-corrected chi connectivity index (χ0v) is 7.63. The Morgan fingerprint density at radius 1 is 1.50 bits per heavy atom. The van der Waals surface area contributed by atoms with Crippen LogP contribution >= 0.6 is 0 Å². The van der Waals surface area contributed by atoms with Crippen molar-refractivity contribution in [1.82, 2.24) is 9.97 Å². The number of rotatable bonds is 3. The van der Waals surface area contributed by atoms with Gasteiger partial charge in [0.2, 0.25) is 0 Å². The van der Waals surface area contributed by atoms with Gasteiger partial charge in [-0.2, -0.15) is 0 Å². The average Bonchev–Trinajstić information content (AvgIpc) is 2.01. The molecule has 1 heterocycles. The summed E-state index contributed by atoms with van der Waals surface area (Å²) in [6.07, 6.45) is -0.108. The van der Waals surface area contributed by atoms with Crippen LogP contribution in [0.15, 0.2) is 15.7 Å². The van der Waals surface area contributed by atoms with Crippen molar-refractivity contribution in [1.29, 1.82) is 0 Å². The molecule has 78 valence electrons. The van der Waals surface area contributed by atoms with Crippen LogP contribution in [-0.2, 0) is 6.42 Å². The van der Waals surface area contributed by atoms with Crippen molar-refractivity contribution >= 4 is 0 Å². The number of aromatic amines is 2. The summed E-state index contributed by atoms with van der Waals surface area (Å²) in [6, 6.07) is 1.12. The lowest BCUT2D eigenvalue weighted by Crippen LogP contribution is -2.33. The maximum absolute atomic E-state index is 12.2. The number of aliphatic hydroxyl groups is 1. The van der Waals surface area contributed by atoms with Crippen molar-refractivity contribution in [2.75, 3.05) is 6.67 Å². The van der Waals surface area contributed by atoms with Crippen LogP contribution in [0.5, 0.6) is 0 Å². The Labute approximate surface area is 78.6 Å². The van der Waals surface area contributed by atoms with Gasteiger partial charge in [0.15, 0.2) is 0 Å². The molecule has 14 heavy (non-hydrogen) atoms. The number of alkyl halides is 1. The Bertz CT molecular complexity index is 393. The van der Waals surface area contributed by atoms with Gasteiger partial charge in [0.05, 0.1) is 5.60 Å². The molecule has 0 radical (unpaired) electrons. The van der Waals surface area contributed by atoms with Gasteiger partial charge >= 0.3 is 5.69 Å². The molecule has 0 amide bonds. The highest BCUT2D eigenvalue weighted by Crippen LogP contribution is 2.09. The van der Waals surface area contributed by atoms with Gasteiger partial charge in [-0.1, -0.05) is 0 Å². The summed E-state index contributed by atoms with van der Waals surface area (Å²) < 4.78 is 12.2. The minimum absolute atomic E-state index is 0.108. The third kappa shape index (κ3) is 2.81. The fourth-order valence-electron chi connectivity index (χ4n) is 1.07. The second-order valence-corrected chi connectivity index (χ2v) is 3.42. The Balaban J connectivity index is 2.98. The number of hydrogen-bond acceptors (Lipinski definition) is 3. The molecule has 1 rings (SSSR count). The van der Waals surface area contributed by atoms with Gasteiger partial charge in [-0.05, 0) is 6.92 Å². The SMILES string of the molecule is CC(O)(CF)Cc1cc(=O)[nH]c(=O)[nH]1. The molecular weight excluding hydrogens is 191 g/mol. The molecule has 0 aliphatic heterocycles. The molecule has 0 aromatic carbocycles. The lowest BCUT2D eigenvalue weighted by molar-refractivity contribution is 0.0330. The maximum Gasteiger partial charge on any atom is 0.325 e. The molecule has 0 saturated heterocycles. The average molecular weight is 202 g/mol. The quantitative estimate of drug-likeness (QED) is 0.607. The standard InChI is InChI=1S/C8H11FN2O3/c1-8(14,4-9)3-5-2-6(12)11-7(13)10-5/h2,14H,3-4H2,1H3,(H2,10,11,12,13). The molecule has 0 bridgehead atoms. The van der Waals surface area contributed by atoms with Crippen LogP contribution in [0.4, 0.5) is 4.39 Å². The second kappa shape index (κ2) is 3.75. The van der Waals surface area contributed by atoms with Gasteiger partial charge in [0.1, 0.15) is 6.67 Å². The highest BCUT2D eigenvalue weighted by atomic mass is 19.1. The molecule has 0 aliphatic carbocycles. The Kier molecular flexibility index (Phi) is 2.85. The van der Waals surface area contributed by atoms with E-state index in [9.17, 15) is 19.1 Å². The first kappa shape index (κ1) is 10.6. The number of halogens is 1. The van der Waals surface area contributed by atoms with E-state index in [-0.39, 0.29) is 12.1 Å². The first-order valence-electron chi connectivity index (χ1n) is 4.04. The summed E-state index contributed by atoms with van der Waals surface area (Å²) >= 11 is 0. The minimum Gasteiger partial charge on any atom is -0.387 e. The molecule has 1 unspecified atom stereocenters. The highest BCUT2D eigenvalue weighted by molar-refractivity contribution is 5.02. The van der Waals surface area contributed by atoms with E-state index in [1.165, 1.54) is 6.92 Å². The minimum atomic E-state index is -1.56. The van der Waals surface area contributed by atoms with E-state index in [4.69, 9.17) is 0 Å². The third-order valence-electron chi connectivity index (χ3n) is 1.68. The lowest BCUT2D eigenvalue weighted by atomic mass is 10.0. The van der Waals surface area contributed by atoms with Crippen molar-refractivity contribution in [3.8, 4) is 0 Å². The van der Waals surface area contributed by atoms with E-state index >= 15 is 0 Å². The molecule has 0 saturated carbocycles. The van der Waals surface area contributed by atoms with E-state index in [0.29, 0.717) is 0 Å². The summed E-state index contributed by atoms with van der Waals surface area (Å²) in [7, 11) is 0. The van der Waals surface area contributed by atoms with Crippen LogP contribution in [0.3, 0.4) is 0 Å². The fraction of sp³-hybridized carbons (Fsp3) is 0.500. The van der Waals surface area contributed by atoms with E-state index in [1.54, 1.807) is 0 Å². The van der Waals surface area contributed by atoms with Crippen molar-refractivity contribution < 1.29 is 9.50 Å². The van der Waals surface area contributed by atoms with Gasteiger partial charge in [-0.15, -0.1) is 0 Å². The summed E-state index contributed by atoms with van der Waals surface area (Å²) in [5.74, 6) is 0. The summed E-state index contributed by atoms with van der Waals surface area (Å²) in [4.78, 5) is 25.9. The zero-order valence-electron chi connectivity index (χ0n) is 7.63. The summed E-state index contributed by atoms with van der Waals surface area (Å²) in [5.41, 5.74) is -2.58. The molecule has 1 aromatic rings. The number of hydrogen-bond donors (Lipinski definition) is 3. The highest BCUT2D eigenvalue weighted by Gasteiger charge is 2.21. The third-order valence-corrected chi connectivity index (χ3v) is 1.68. The van der Waals surface area contributed by atoms with Gasteiger partial charge in [0.25, 0.3) is 5.56 Å². The van der Waals surface area contributed by atoms with Crippen molar-refractivity contribution in [3.05, 3.63) is 32.6 Å². The van der Waals surface area contributed by atoms with E-state index in [0.717, 1.165) is 6.07 Å². The largest absolute Gasteiger partial charge is 0.387 e. The molecule has 1 atom stereocenters. The molecule has 6 heteroatoms. The van der Waals surface area contributed by atoms with Gasteiger partial charge < -0.3 is 10.1 Å². The second-order valence-electron chi connectivity index (χ2n) is 3.42. The van der Waals surface area contributed by atoms with Crippen molar-refractivity contribution in [3.63, 3.8) is 0 Å². The van der Waals surface area contributed by atoms with E-state index in [2.05, 4.69) is 4.98 Å². The van der Waals surface area contributed by atoms with Gasteiger partial charge in [-0.3, -0.25) is 9.78 Å². The van der Waals surface area contributed by atoms with Crippen LogP contribution in [0.2, 0.25) is 0 Å². The predicted octanol–water partition coefficient (Wildman–Crippen LogP) is -0.674. The van der Waals surface area contributed by atoms with Crippen molar-refractivity contribution in [2.45, 2.75) is 18.9 Å². The van der Waals surface area contributed by atoms with Crippen LogP contribution < -0.4 is 11.2 Å². The van der Waals surface area contributed by atoms with Crippen LogP contribution in [0.1, 0.15) is 12.6 Å². The van der Waals surface area contributed by atoms with Gasteiger partial charge in [-0.25, -0.2) is 9.18 Å². The van der Waals surface area contributed by atoms with Crippen LogP contribution in [0, 0.1) is 0 Å². The topological polar surface area (TPSA) is 85.9 Å². The fourth-order valence-corrected chi connectivity index (χ4v) is 1.07. The number of nitrogens with one attached hydrogen (secondary N) is 2. The molecule has 1 aromatic heterocycles. The zero-order chi connectivity index (χ0) is 10.8. The molecule has 5 nitrogen and oxygen atoms in total. The molecule has 0 aliphatic rings. The van der Waals surface area contributed by atoms with E-state index in [1.807, 2.05) is 4.98 Å². The van der Waals surface area contributed by atoms with Crippen molar-refractivity contribution in [2.24, 2.45) is 0 Å². The first-order chi connectivity index (χ1) is 6.43. The Hall–Kier alpha value is -1.43. The lowest BCUT2D eigenvalue weighted by Gasteiger charge is -2.18. The number of aromatic nitrogens is 2. The Morgan fingerprint density at radius 2 is 2.14 bits per heavy atom. The molecule has 3 N–H and O–H groups in total. The predicted molar refractivity (Wildman–Crippen MR) is 48.0 cm³/mol. The molecule has 0 fully saturated rings. The first-order valence-corrected chi connectivity index (χ1v) is 4.04. The normalized spacial score (nSPS) is 15.1. The summed E-state index contributed by atoms with van der Waals surface area (Å²) in [6.45, 7) is 0.342. The van der Waals surface area contributed by atoms with Gasteiger partial charge in [0, 0.05) is 18.2 Å². The summed E-state index contributed by atoms with van der Waals surface area (Å²) in [5, 5.41) is 9.35. The maximum atomic E-state index is 12.2. The monoisotopic (exact) mass is 202 g/mol. The van der Waals surface area contributed by atoms with Crippen LogP contribution in [0.25, 0.3) is 0 Å². The molecular formula is C8H11FN2O3. The molecule has 0 spiro atoms. The number of H-pyrrole nitrogens is 2. The smallest absolute Gasteiger partial charge is 0.325 e. The van der Waals surface area contributed by atoms with Crippen LogP contribution in [-0.4, -0.2) is 27.4 Å².